The first-order valence-electron chi connectivity index (χ1n) is 7.11. The highest BCUT2D eigenvalue weighted by Crippen LogP contribution is 2.35. The zero-order chi connectivity index (χ0) is 16.9. The van der Waals surface area contributed by atoms with Gasteiger partial charge in [-0.3, -0.25) is 4.18 Å². The summed E-state index contributed by atoms with van der Waals surface area (Å²) in [4.78, 5) is 12.2. The molecule has 1 amide bonds. The molecule has 0 N–H and O–H groups in total. The largest absolute Gasteiger partial charge is 0.443 e. The van der Waals surface area contributed by atoms with Crippen LogP contribution in [0.5, 0.6) is 0 Å². The molecular weight excluding hydrogens is 270 g/mol. The summed E-state index contributed by atoms with van der Waals surface area (Å²) in [6.07, 6.45) is -1.02. The molecule has 1 aliphatic rings. The fourth-order valence-electron chi connectivity index (χ4n) is 1.98. The molecule has 0 spiro atoms. The van der Waals surface area contributed by atoms with Gasteiger partial charge in [0.15, 0.2) is 0 Å². The SMILES string of the molecule is [2H]C1([2H])OS(=O)(=O)N(C(=O)OC(C)(C)C)C1(C)CC(C)C. The molecule has 1 heterocycles. The van der Waals surface area contributed by atoms with Crippen LogP contribution in [0.3, 0.4) is 0 Å². The average molecular weight is 295 g/mol. The maximum absolute atomic E-state index is 12.2. The zero-order valence-corrected chi connectivity index (χ0v) is 13.0. The summed E-state index contributed by atoms with van der Waals surface area (Å²) in [7, 11) is -4.54. The molecule has 112 valence electrons. The highest BCUT2D eigenvalue weighted by atomic mass is 32.2. The summed E-state index contributed by atoms with van der Waals surface area (Å²) >= 11 is 0. The van der Waals surface area contributed by atoms with E-state index in [1.54, 1.807) is 34.6 Å². The minimum Gasteiger partial charge on any atom is -0.443 e. The van der Waals surface area contributed by atoms with E-state index in [2.05, 4.69) is 4.18 Å². The molecule has 0 aromatic rings. The molecule has 1 fully saturated rings. The predicted octanol–water partition coefficient (Wildman–Crippen LogP) is 2.30. The van der Waals surface area contributed by atoms with Crippen molar-refractivity contribution in [2.45, 2.75) is 59.1 Å². The van der Waals surface area contributed by atoms with Crippen LogP contribution in [0.1, 0.15) is 50.7 Å². The van der Waals surface area contributed by atoms with Crippen molar-refractivity contribution in [3.05, 3.63) is 0 Å². The van der Waals surface area contributed by atoms with Crippen molar-refractivity contribution in [1.82, 2.24) is 4.31 Å². The number of ether oxygens (including phenoxy) is 1. The molecule has 0 aliphatic carbocycles. The Morgan fingerprint density at radius 1 is 1.53 bits per heavy atom. The standard InChI is InChI=1S/C12H23NO5S/c1-9(2)7-12(6)8-17-19(15,16)13(12)10(14)18-11(3,4)5/h9H,7-8H2,1-6H3/i8D2. The lowest BCUT2D eigenvalue weighted by Gasteiger charge is -2.33. The van der Waals surface area contributed by atoms with Crippen molar-refractivity contribution in [2.24, 2.45) is 5.92 Å². The lowest BCUT2D eigenvalue weighted by molar-refractivity contribution is 0.0246. The second kappa shape index (κ2) is 4.94. The van der Waals surface area contributed by atoms with Gasteiger partial charge in [-0.25, -0.2) is 4.79 Å². The molecule has 1 saturated heterocycles. The Hall–Kier alpha value is -0.820. The van der Waals surface area contributed by atoms with Gasteiger partial charge in [0.2, 0.25) is 0 Å². The highest BCUT2D eigenvalue weighted by Gasteiger charge is 2.52. The van der Waals surface area contributed by atoms with Gasteiger partial charge in [-0.05, 0) is 40.0 Å². The first-order chi connectivity index (χ1) is 9.12. The maximum Gasteiger partial charge on any atom is 0.426 e. The number of carbonyl (C=O) groups is 1. The molecule has 0 aromatic heterocycles. The molecule has 0 saturated carbocycles. The molecule has 0 radical (unpaired) electrons. The van der Waals surface area contributed by atoms with Crippen LogP contribution in [0.4, 0.5) is 4.79 Å². The maximum atomic E-state index is 12.2. The number of hydrogen-bond donors (Lipinski definition) is 0. The molecule has 1 atom stereocenters. The van der Waals surface area contributed by atoms with Gasteiger partial charge in [0.1, 0.15) is 5.60 Å². The van der Waals surface area contributed by atoms with Crippen molar-refractivity contribution in [1.29, 1.82) is 0 Å². The van der Waals surface area contributed by atoms with Gasteiger partial charge >= 0.3 is 16.4 Å². The third kappa shape index (κ3) is 3.82. The fraction of sp³-hybridized carbons (Fsp3) is 0.917. The van der Waals surface area contributed by atoms with Crippen LogP contribution in [0.2, 0.25) is 0 Å². The van der Waals surface area contributed by atoms with Crippen molar-refractivity contribution < 1.29 is 24.9 Å². The summed E-state index contributed by atoms with van der Waals surface area (Å²) < 4.78 is 49.9. The van der Waals surface area contributed by atoms with Crippen LogP contribution < -0.4 is 0 Å². The number of amides is 1. The normalized spacial score (nSPS) is 31.0. The van der Waals surface area contributed by atoms with Gasteiger partial charge in [-0.2, -0.15) is 12.7 Å². The van der Waals surface area contributed by atoms with Crippen molar-refractivity contribution in [3.63, 3.8) is 0 Å². The Morgan fingerprint density at radius 2 is 2.05 bits per heavy atom. The number of carbonyl (C=O) groups excluding carboxylic acids is 1. The van der Waals surface area contributed by atoms with E-state index in [0.717, 1.165) is 0 Å². The van der Waals surface area contributed by atoms with Gasteiger partial charge in [0.25, 0.3) is 0 Å². The summed E-state index contributed by atoms with van der Waals surface area (Å²) in [5, 5.41) is 0. The van der Waals surface area contributed by atoms with Gasteiger partial charge in [-0.1, -0.05) is 13.8 Å². The highest BCUT2D eigenvalue weighted by molar-refractivity contribution is 7.85. The second-order valence-electron chi connectivity index (χ2n) is 6.26. The first-order valence-corrected chi connectivity index (χ1v) is 7.48. The van der Waals surface area contributed by atoms with Crippen LogP contribution in [0, 0.1) is 5.92 Å². The Balaban J connectivity index is 3.32. The van der Waals surface area contributed by atoms with E-state index in [9.17, 15) is 13.2 Å². The number of rotatable bonds is 2. The Morgan fingerprint density at radius 3 is 2.47 bits per heavy atom. The minimum absolute atomic E-state index is 0.0492. The van der Waals surface area contributed by atoms with Crippen LogP contribution in [-0.2, 0) is 19.2 Å². The smallest absolute Gasteiger partial charge is 0.426 e. The van der Waals surface area contributed by atoms with E-state index in [1.165, 1.54) is 6.92 Å². The zero-order valence-electron chi connectivity index (χ0n) is 14.2. The van der Waals surface area contributed by atoms with E-state index in [4.69, 9.17) is 7.48 Å². The monoisotopic (exact) mass is 295 g/mol. The molecule has 1 unspecified atom stereocenters. The van der Waals surface area contributed by atoms with E-state index in [0.29, 0.717) is 4.31 Å². The molecule has 7 heteroatoms. The third-order valence-electron chi connectivity index (χ3n) is 2.40. The first kappa shape index (κ1) is 13.2. The average Bonchev–Trinajstić information content (AvgIpc) is 2.21. The fourth-order valence-corrected chi connectivity index (χ4v) is 3.17. The molecule has 6 nitrogen and oxygen atoms in total. The molecule has 1 aliphatic heterocycles. The van der Waals surface area contributed by atoms with Gasteiger partial charge in [0.05, 0.1) is 14.8 Å². The second-order valence-corrected chi connectivity index (χ2v) is 7.65. The Labute approximate surface area is 118 Å². The number of hydrogen-bond acceptors (Lipinski definition) is 5. The van der Waals surface area contributed by atoms with Crippen LogP contribution >= 0.6 is 0 Å². The summed E-state index contributed by atoms with van der Waals surface area (Å²) in [6, 6.07) is 0. The van der Waals surface area contributed by atoms with E-state index < -0.39 is 34.1 Å². The molecule has 0 bridgehead atoms. The molecule has 19 heavy (non-hydrogen) atoms. The van der Waals surface area contributed by atoms with Gasteiger partial charge in [-0.15, -0.1) is 0 Å². The van der Waals surface area contributed by atoms with E-state index >= 15 is 0 Å². The predicted molar refractivity (Wildman–Crippen MR) is 70.8 cm³/mol. The molecule has 1 rings (SSSR count). The van der Waals surface area contributed by atoms with Gasteiger partial charge in [0, 0.05) is 0 Å². The summed E-state index contributed by atoms with van der Waals surface area (Å²) in [5.74, 6) is -0.0492. The summed E-state index contributed by atoms with van der Waals surface area (Å²) in [5.41, 5.74) is -2.57. The quantitative estimate of drug-likeness (QED) is 0.781. The topological polar surface area (TPSA) is 72.9 Å². The van der Waals surface area contributed by atoms with Crippen molar-refractivity contribution >= 4 is 16.4 Å². The van der Waals surface area contributed by atoms with Crippen LogP contribution in [0.25, 0.3) is 0 Å². The van der Waals surface area contributed by atoms with E-state index in [1.807, 2.05) is 0 Å². The Bertz CT molecular complexity index is 526. The molecule has 0 aromatic carbocycles. The number of nitrogens with zero attached hydrogens (tertiary/aromatic N) is 1. The van der Waals surface area contributed by atoms with Crippen LogP contribution in [-0.4, -0.2) is 36.5 Å². The third-order valence-corrected chi connectivity index (χ3v) is 3.70. The van der Waals surface area contributed by atoms with Crippen LogP contribution in [0.15, 0.2) is 0 Å². The lowest BCUT2D eigenvalue weighted by atomic mass is 9.92. The Kier molecular flexibility index (Phi) is 3.42. The molecular formula is C12H23NO5S. The van der Waals surface area contributed by atoms with E-state index in [-0.39, 0.29) is 12.3 Å². The minimum atomic E-state index is -4.54. The summed E-state index contributed by atoms with van der Waals surface area (Å²) in [6.45, 7) is 7.24. The van der Waals surface area contributed by atoms with Gasteiger partial charge < -0.3 is 4.74 Å². The van der Waals surface area contributed by atoms with Crippen molar-refractivity contribution in [2.75, 3.05) is 6.56 Å². The van der Waals surface area contributed by atoms with Crippen molar-refractivity contribution in [3.8, 4) is 0 Å². The lowest BCUT2D eigenvalue weighted by Crippen LogP contribution is -2.50.